The van der Waals surface area contributed by atoms with E-state index in [9.17, 15) is 0 Å². The van der Waals surface area contributed by atoms with E-state index in [-0.39, 0.29) is 0 Å². The first-order chi connectivity index (χ1) is 9.99. The molecule has 6 heteroatoms. The molecular formula is C15H19BrN4S. The summed E-state index contributed by atoms with van der Waals surface area (Å²) in [5, 5.41) is 7.85. The molecule has 0 saturated carbocycles. The Morgan fingerprint density at radius 1 is 1.43 bits per heavy atom. The van der Waals surface area contributed by atoms with Crippen molar-refractivity contribution in [2.45, 2.75) is 26.8 Å². The SMILES string of the molecule is Cc1cc(C)n(CCCNc2cccc(Br)c2C(N)=S)n1. The highest BCUT2D eigenvalue weighted by Gasteiger charge is 2.08. The summed E-state index contributed by atoms with van der Waals surface area (Å²) < 4.78 is 2.95. The summed E-state index contributed by atoms with van der Waals surface area (Å²) in [6, 6.07) is 7.99. The smallest absolute Gasteiger partial charge is 0.107 e. The number of aromatic nitrogens is 2. The normalized spacial score (nSPS) is 10.6. The number of thiocarbonyl (C=S) groups is 1. The van der Waals surface area contributed by atoms with Gasteiger partial charge in [-0.3, -0.25) is 4.68 Å². The molecule has 4 nitrogen and oxygen atoms in total. The Kier molecular flexibility index (Phi) is 5.36. The zero-order chi connectivity index (χ0) is 15.4. The molecule has 0 fully saturated rings. The van der Waals surface area contributed by atoms with Crippen molar-refractivity contribution in [3.8, 4) is 0 Å². The number of hydrogen-bond donors (Lipinski definition) is 2. The number of benzene rings is 1. The minimum atomic E-state index is 0.392. The Morgan fingerprint density at radius 2 is 2.19 bits per heavy atom. The molecule has 0 atom stereocenters. The molecular weight excluding hydrogens is 348 g/mol. The maximum Gasteiger partial charge on any atom is 0.107 e. The van der Waals surface area contributed by atoms with E-state index in [0.717, 1.165) is 40.9 Å². The van der Waals surface area contributed by atoms with Gasteiger partial charge in [-0.25, -0.2) is 0 Å². The molecule has 0 radical (unpaired) electrons. The Labute approximate surface area is 138 Å². The molecule has 0 saturated heterocycles. The van der Waals surface area contributed by atoms with E-state index in [4.69, 9.17) is 18.0 Å². The van der Waals surface area contributed by atoms with Gasteiger partial charge >= 0.3 is 0 Å². The molecule has 0 aliphatic carbocycles. The number of hydrogen-bond acceptors (Lipinski definition) is 3. The van der Waals surface area contributed by atoms with E-state index in [2.05, 4.69) is 39.3 Å². The lowest BCUT2D eigenvalue weighted by Gasteiger charge is -2.13. The molecule has 0 spiro atoms. The fraction of sp³-hybridized carbons (Fsp3) is 0.333. The lowest BCUT2D eigenvalue weighted by molar-refractivity contribution is 0.574. The number of aryl methyl sites for hydroxylation is 3. The predicted octanol–water partition coefficient (Wildman–Crippen LogP) is 3.40. The number of rotatable bonds is 6. The molecule has 112 valence electrons. The first-order valence-electron chi connectivity index (χ1n) is 6.82. The van der Waals surface area contributed by atoms with Gasteiger partial charge in [0.1, 0.15) is 4.99 Å². The highest BCUT2D eigenvalue weighted by atomic mass is 79.9. The molecule has 0 unspecified atom stereocenters. The van der Waals surface area contributed by atoms with Gasteiger partial charge in [-0.15, -0.1) is 0 Å². The standard InChI is InChI=1S/C15H19BrN4S/c1-10-9-11(2)20(19-10)8-4-7-18-13-6-3-5-12(16)14(13)15(17)21/h3,5-6,9,18H,4,7-8H2,1-2H3,(H2,17,21). The van der Waals surface area contributed by atoms with Crippen LogP contribution in [0.2, 0.25) is 0 Å². The van der Waals surface area contributed by atoms with E-state index in [1.807, 2.05) is 29.8 Å². The van der Waals surface area contributed by atoms with Crippen molar-refractivity contribution in [2.24, 2.45) is 5.73 Å². The highest BCUT2D eigenvalue weighted by Crippen LogP contribution is 2.24. The fourth-order valence-corrected chi connectivity index (χ4v) is 3.21. The van der Waals surface area contributed by atoms with Crippen molar-refractivity contribution in [3.05, 3.63) is 45.7 Å². The van der Waals surface area contributed by atoms with Crippen LogP contribution in [0.15, 0.2) is 28.7 Å². The molecule has 0 aliphatic rings. The molecule has 1 aromatic heterocycles. The molecule has 0 aliphatic heterocycles. The largest absolute Gasteiger partial charge is 0.389 e. The molecule has 1 aromatic carbocycles. The van der Waals surface area contributed by atoms with E-state index < -0.39 is 0 Å². The first-order valence-corrected chi connectivity index (χ1v) is 8.02. The van der Waals surface area contributed by atoms with Gasteiger partial charge in [0, 0.05) is 34.5 Å². The number of halogens is 1. The molecule has 0 amide bonds. The molecule has 3 N–H and O–H groups in total. The Morgan fingerprint density at radius 3 is 2.81 bits per heavy atom. The first kappa shape index (κ1) is 16.0. The van der Waals surface area contributed by atoms with Crippen molar-refractivity contribution in [2.75, 3.05) is 11.9 Å². The summed E-state index contributed by atoms with van der Waals surface area (Å²) in [7, 11) is 0. The fourth-order valence-electron chi connectivity index (χ4n) is 2.28. The summed E-state index contributed by atoms with van der Waals surface area (Å²) in [6.45, 7) is 5.82. The molecule has 21 heavy (non-hydrogen) atoms. The lowest BCUT2D eigenvalue weighted by Crippen LogP contribution is -2.15. The van der Waals surface area contributed by atoms with Crippen molar-refractivity contribution in [1.29, 1.82) is 0 Å². The summed E-state index contributed by atoms with van der Waals surface area (Å²) in [5.41, 5.74) is 9.86. The average Bonchev–Trinajstić information content (AvgIpc) is 2.72. The van der Waals surface area contributed by atoms with Crippen LogP contribution in [0.25, 0.3) is 0 Å². The van der Waals surface area contributed by atoms with Gasteiger partial charge in [-0.05, 0) is 54.4 Å². The Balaban J connectivity index is 1.94. The monoisotopic (exact) mass is 366 g/mol. The van der Waals surface area contributed by atoms with Crippen LogP contribution in [0.4, 0.5) is 5.69 Å². The second-order valence-corrected chi connectivity index (χ2v) is 6.25. The third kappa shape index (κ3) is 4.04. The third-order valence-electron chi connectivity index (χ3n) is 3.23. The summed E-state index contributed by atoms with van der Waals surface area (Å²) in [6.07, 6.45) is 0.977. The van der Waals surface area contributed by atoms with E-state index in [1.165, 1.54) is 5.69 Å². The van der Waals surface area contributed by atoms with Gasteiger partial charge in [0.15, 0.2) is 0 Å². The zero-order valence-electron chi connectivity index (χ0n) is 12.2. The van der Waals surface area contributed by atoms with Crippen LogP contribution in [-0.2, 0) is 6.54 Å². The minimum Gasteiger partial charge on any atom is -0.389 e. The van der Waals surface area contributed by atoms with Crippen LogP contribution in [0.5, 0.6) is 0 Å². The summed E-state index contributed by atoms with van der Waals surface area (Å²) in [5.74, 6) is 0. The van der Waals surface area contributed by atoms with E-state index >= 15 is 0 Å². The predicted molar refractivity (Wildman–Crippen MR) is 94.8 cm³/mol. The third-order valence-corrected chi connectivity index (χ3v) is 4.09. The van der Waals surface area contributed by atoms with Gasteiger partial charge < -0.3 is 11.1 Å². The maximum absolute atomic E-state index is 5.78. The summed E-state index contributed by atoms with van der Waals surface area (Å²) in [4.78, 5) is 0.392. The lowest BCUT2D eigenvalue weighted by atomic mass is 10.1. The number of anilines is 1. The molecule has 2 rings (SSSR count). The van der Waals surface area contributed by atoms with Gasteiger partial charge in [0.25, 0.3) is 0 Å². The van der Waals surface area contributed by atoms with Gasteiger partial charge in [-0.1, -0.05) is 18.3 Å². The molecule has 0 bridgehead atoms. The van der Waals surface area contributed by atoms with Gasteiger partial charge in [-0.2, -0.15) is 5.10 Å². The zero-order valence-corrected chi connectivity index (χ0v) is 14.6. The minimum absolute atomic E-state index is 0.392. The second kappa shape index (κ2) is 7.04. The topological polar surface area (TPSA) is 55.9 Å². The Hall–Kier alpha value is -1.40. The maximum atomic E-state index is 5.78. The Bertz CT molecular complexity index is 651. The van der Waals surface area contributed by atoms with Crippen LogP contribution in [0.3, 0.4) is 0 Å². The van der Waals surface area contributed by atoms with Gasteiger partial charge in [0.2, 0.25) is 0 Å². The average molecular weight is 367 g/mol. The second-order valence-electron chi connectivity index (χ2n) is 4.96. The van der Waals surface area contributed by atoms with Crippen molar-refractivity contribution >= 4 is 38.8 Å². The molecule has 1 heterocycles. The number of nitrogens with one attached hydrogen (secondary N) is 1. The number of nitrogens with zero attached hydrogens (tertiary/aromatic N) is 2. The van der Waals surface area contributed by atoms with Crippen molar-refractivity contribution in [3.63, 3.8) is 0 Å². The van der Waals surface area contributed by atoms with Crippen molar-refractivity contribution in [1.82, 2.24) is 9.78 Å². The van der Waals surface area contributed by atoms with E-state index in [1.54, 1.807) is 0 Å². The summed E-state index contributed by atoms with van der Waals surface area (Å²) >= 11 is 8.59. The number of nitrogens with two attached hydrogens (primary N) is 1. The van der Waals surface area contributed by atoms with Gasteiger partial charge in [0.05, 0.1) is 5.69 Å². The van der Waals surface area contributed by atoms with Crippen molar-refractivity contribution < 1.29 is 0 Å². The quantitative estimate of drug-likeness (QED) is 0.607. The van der Waals surface area contributed by atoms with Crippen LogP contribution in [0, 0.1) is 13.8 Å². The van der Waals surface area contributed by atoms with Crippen LogP contribution in [0.1, 0.15) is 23.4 Å². The van der Waals surface area contributed by atoms with Crippen LogP contribution < -0.4 is 11.1 Å². The van der Waals surface area contributed by atoms with Crippen LogP contribution in [-0.4, -0.2) is 21.3 Å². The molecule has 2 aromatic rings. The van der Waals surface area contributed by atoms with Crippen LogP contribution >= 0.6 is 28.1 Å². The van der Waals surface area contributed by atoms with E-state index in [0.29, 0.717) is 4.99 Å². The highest BCUT2D eigenvalue weighted by molar-refractivity contribution is 9.10.